The summed E-state index contributed by atoms with van der Waals surface area (Å²) in [6.45, 7) is 16.7. The van der Waals surface area contributed by atoms with E-state index in [1.807, 2.05) is 12.5 Å². The van der Waals surface area contributed by atoms with Crippen LogP contribution in [0, 0.1) is 0 Å². The number of para-hydroxylation sites is 1. The third kappa shape index (κ3) is 4.05. The molecule has 0 unspecified atom stereocenters. The van der Waals surface area contributed by atoms with Crippen molar-refractivity contribution in [2.24, 2.45) is 0 Å². The molecule has 0 N–H and O–H groups in total. The Bertz CT molecular complexity index is 2530. The lowest BCUT2D eigenvalue weighted by Crippen LogP contribution is -2.60. The number of hydrogen-bond donors (Lipinski definition) is 0. The van der Waals surface area contributed by atoms with Gasteiger partial charge in [-0.25, -0.2) is 0 Å². The molecule has 2 aliphatic heterocycles. The Morgan fingerprint density at radius 1 is 0.585 bits per heavy atom. The molecule has 2 aromatic heterocycles. The smallest absolute Gasteiger partial charge is 0.174 e. The van der Waals surface area contributed by atoms with Gasteiger partial charge in [-0.3, -0.25) is 0 Å². The summed E-state index contributed by atoms with van der Waals surface area (Å²) in [5.74, 6) is 1.67. The van der Waals surface area contributed by atoms with Crippen LogP contribution in [0.4, 0.5) is 17.1 Å². The van der Waals surface area contributed by atoms with Crippen LogP contribution in [0.25, 0.3) is 33.8 Å². The summed E-state index contributed by atoms with van der Waals surface area (Å²) in [6, 6.07) is 45.9. The first-order chi connectivity index (χ1) is 25.6. The standard InChI is InChI=1S/C49H45NO2Si/c1-30(2)53(31(3)4)42-18-11-8-15-36(42)44-43(53)24-23-41-45(44)49(38-25-27-51-46(38)47-39(49)26-28-52-47)37-16-9-10-17-40(37)50(41)35-14-12-13-33(29-35)32-19-21-34(22-20-32)48(5,6)7/h8-31H,1-7H3. The number of benzene rings is 5. The van der Waals surface area contributed by atoms with Crippen molar-refractivity contribution in [1.82, 2.24) is 0 Å². The van der Waals surface area contributed by atoms with Gasteiger partial charge in [0.15, 0.2) is 11.5 Å². The quantitative estimate of drug-likeness (QED) is 0.171. The van der Waals surface area contributed by atoms with E-state index < -0.39 is 13.5 Å². The minimum Gasteiger partial charge on any atom is -0.461 e. The van der Waals surface area contributed by atoms with Crippen LogP contribution in [0.1, 0.15) is 76.3 Å². The molecule has 1 aliphatic carbocycles. The summed E-state index contributed by atoms with van der Waals surface area (Å²) < 4.78 is 12.7. The summed E-state index contributed by atoms with van der Waals surface area (Å²) in [4.78, 5) is 2.52. The van der Waals surface area contributed by atoms with Crippen LogP contribution in [-0.2, 0) is 10.8 Å². The second-order valence-electron chi connectivity index (χ2n) is 16.9. The van der Waals surface area contributed by atoms with Crippen molar-refractivity contribution in [2.75, 3.05) is 4.90 Å². The molecule has 0 saturated heterocycles. The van der Waals surface area contributed by atoms with Crippen LogP contribution in [0.5, 0.6) is 0 Å². The summed E-state index contributed by atoms with van der Waals surface area (Å²) in [6.07, 6.45) is 3.69. The Morgan fingerprint density at radius 2 is 1.25 bits per heavy atom. The van der Waals surface area contributed by atoms with Gasteiger partial charge in [0.25, 0.3) is 0 Å². The number of hydrogen-bond acceptors (Lipinski definition) is 3. The molecule has 0 bridgehead atoms. The van der Waals surface area contributed by atoms with Gasteiger partial charge in [0.1, 0.15) is 8.07 Å². The lowest BCUT2D eigenvalue weighted by Gasteiger charge is -2.46. The Kier molecular flexibility index (Phi) is 6.77. The molecule has 3 nitrogen and oxygen atoms in total. The van der Waals surface area contributed by atoms with Crippen LogP contribution in [0.2, 0.25) is 11.1 Å². The van der Waals surface area contributed by atoms with Crippen molar-refractivity contribution >= 4 is 35.5 Å². The van der Waals surface area contributed by atoms with Gasteiger partial charge in [0, 0.05) is 22.4 Å². The first kappa shape index (κ1) is 32.3. The van der Waals surface area contributed by atoms with Crippen molar-refractivity contribution in [1.29, 1.82) is 0 Å². The fourth-order valence-corrected chi connectivity index (χ4v) is 16.9. The number of rotatable bonds is 4. The first-order valence-corrected chi connectivity index (χ1v) is 21.3. The number of nitrogens with zero attached hydrogens (tertiary/aromatic N) is 1. The molecule has 7 aromatic rings. The van der Waals surface area contributed by atoms with E-state index in [0.717, 1.165) is 28.3 Å². The lowest BCUT2D eigenvalue weighted by molar-refractivity contribution is 0.525. The first-order valence-electron chi connectivity index (χ1n) is 19.1. The Hall–Kier alpha value is -5.32. The highest BCUT2D eigenvalue weighted by Gasteiger charge is 2.59. The molecular weight excluding hydrogens is 663 g/mol. The van der Waals surface area contributed by atoms with E-state index in [9.17, 15) is 0 Å². The van der Waals surface area contributed by atoms with E-state index in [0.29, 0.717) is 11.1 Å². The average Bonchev–Trinajstić information content (AvgIpc) is 3.94. The van der Waals surface area contributed by atoms with E-state index in [1.165, 1.54) is 50.3 Å². The molecule has 0 saturated carbocycles. The Balaban J connectivity index is 1.32. The number of anilines is 3. The predicted octanol–water partition coefficient (Wildman–Crippen LogP) is 12.3. The van der Waals surface area contributed by atoms with Crippen molar-refractivity contribution < 1.29 is 8.83 Å². The van der Waals surface area contributed by atoms with Crippen molar-refractivity contribution in [3.05, 3.63) is 162 Å². The second kappa shape index (κ2) is 11.1. The van der Waals surface area contributed by atoms with Crippen molar-refractivity contribution in [2.45, 2.75) is 70.4 Å². The van der Waals surface area contributed by atoms with E-state index in [4.69, 9.17) is 8.83 Å². The molecule has 4 heteroatoms. The molecule has 0 radical (unpaired) electrons. The maximum atomic E-state index is 6.33. The van der Waals surface area contributed by atoms with Gasteiger partial charge < -0.3 is 13.7 Å². The molecule has 1 spiro atoms. The van der Waals surface area contributed by atoms with Crippen LogP contribution >= 0.6 is 0 Å². The highest BCUT2D eigenvalue weighted by Crippen LogP contribution is 2.66. The monoisotopic (exact) mass is 707 g/mol. The van der Waals surface area contributed by atoms with Crippen LogP contribution in [-0.4, -0.2) is 8.07 Å². The summed E-state index contributed by atoms with van der Waals surface area (Å²) in [5.41, 5.74) is 15.5. The number of fused-ring (bicyclic) bond motifs is 13. The molecule has 0 atom stereocenters. The summed E-state index contributed by atoms with van der Waals surface area (Å²) in [5, 5.41) is 3.11. The molecule has 4 heterocycles. The van der Waals surface area contributed by atoms with Gasteiger partial charge in [0.05, 0.1) is 29.3 Å². The molecule has 5 aromatic carbocycles. The van der Waals surface area contributed by atoms with Crippen molar-refractivity contribution in [3.63, 3.8) is 0 Å². The van der Waals surface area contributed by atoms with Gasteiger partial charge in [0.2, 0.25) is 0 Å². The third-order valence-corrected chi connectivity index (χ3v) is 19.1. The molecule has 0 fully saturated rings. The van der Waals surface area contributed by atoms with Gasteiger partial charge in [-0.1, -0.05) is 133 Å². The molecular formula is C49H45NO2Si. The Morgan fingerprint density at radius 3 is 1.92 bits per heavy atom. The number of furan rings is 2. The summed E-state index contributed by atoms with van der Waals surface area (Å²) in [7, 11) is -2.24. The van der Waals surface area contributed by atoms with E-state index >= 15 is 0 Å². The molecule has 10 rings (SSSR count). The zero-order chi connectivity index (χ0) is 36.4. The molecule has 3 aliphatic rings. The average molecular weight is 708 g/mol. The Labute approximate surface area is 314 Å². The summed E-state index contributed by atoms with van der Waals surface area (Å²) >= 11 is 0. The minimum atomic E-state index is -2.24. The van der Waals surface area contributed by atoms with Crippen LogP contribution in [0.15, 0.2) is 143 Å². The topological polar surface area (TPSA) is 29.5 Å². The van der Waals surface area contributed by atoms with Gasteiger partial charge >= 0.3 is 0 Å². The van der Waals surface area contributed by atoms with Gasteiger partial charge in [-0.2, -0.15) is 0 Å². The fraction of sp³-hybridized carbons (Fsp3) is 0.224. The van der Waals surface area contributed by atoms with Gasteiger partial charge in [-0.05, 0) is 96.6 Å². The van der Waals surface area contributed by atoms with Crippen LogP contribution < -0.4 is 15.3 Å². The highest BCUT2D eigenvalue weighted by atomic mass is 28.3. The largest absolute Gasteiger partial charge is 0.461 e. The van der Waals surface area contributed by atoms with Crippen LogP contribution in [0.3, 0.4) is 0 Å². The zero-order valence-electron chi connectivity index (χ0n) is 31.6. The zero-order valence-corrected chi connectivity index (χ0v) is 32.6. The molecule has 53 heavy (non-hydrogen) atoms. The second-order valence-corrected chi connectivity index (χ2v) is 22.0. The van der Waals surface area contributed by atoms with Gasteiger partial charge in [-0.15, -0.1) is 0 Å². The minimum absolute atomic E-state index is 0.103. The maximum absolute atomic E-state index is 6.33. The fourth-order valence-electron chi connectivity index (χ4n) is 10.7. The normalized spacial score (nSPS) is 15.7. The molecule has 262 valence electrons. The molecule has 0 amide bonds. The van der Waals surface area contributed by atoms with E-state index in [2.05, 4.69) is 175 Å². The highest BCUT2D eigenvalue weighted by molar-refractivity contribution is 7.07. The maximum Gasteiger partial charge on any atom is 0.174 e. The predicted molar refractivity (Wildman–Crippen MR) is 221 cm³/mol. The third-order valence-electron chi connectivity index (χ3n) is 12.8. The van der Waals surface area contributed by atoms with E-state index in [-0.39, 0.29) is 5.41 Å². The van der Waals surface area contributed by atoms with E-state index in [1.54, 1.807) is 10.4 Å². The SMILES string of the molecule is CC(C)[Si]1(C(C)C)c2ccccc2-c2c1ccc1c2C2(c3ccccc3N1c1cccc(-c3ccc(C(C)(C)C)cc3)c1)c1ccoc1-c1occc12. The lowest BCUT2D eigenvalue weighted by atomic mass is 9.63. The van der Waals surface area contributed by atoms with Crippen molar-refractivity contribution in [3.8, 4) is 33.8 Å².